The molecule has 0 bridgehead atoms. The number of carbonyl (C=O) groups excluding carboxylic acids is 2. The number of nitrogens with zero attached hydrogens (tertiary/aromatic N) is 1. The Hall–Kier alpha value is -3.15. The molecule has 1 atom stereocenters. The van der Waals surface area contributed by atoms with Crippen molar-refractivity contribution in [1.29, 1.82) is 0 Å². The highest BCUT2D eigenvalue weighted by molar-refractivity contribution is 7.92. The summed E-state index contributed by atoms with van der Waals surface area (Å²) in [4.78, 5) is 24.4. The molecule has 1 fully saturated rings. The Labute approximate surface area is 224 Å². The predicted octanol–water partition coefficient (Wildman–Crippen LogP) is 5.36. The minimum absolute atomic E-state index is 0.0697. The molecule has 1 heterocycles. The van der Waals surface area contributed by atoms with E-state index < -0.39 is 46.1 Å². The van der Waals surface area contributed by atoms with Gasteiger partial charge in [0.05, 0.1) is 23.5 Å². The van der Waals surface area contributed by atoms with Crippen molar-refractivity contribution < 1.29 is 45.0 Å². The summed E-state index contributed by atoms with van der Waals surface area (Å²) in [5, 5.41) is 0. The first-order valence-corrected chi connectivity index (χ1v) is 14.0. The van der Waals surface area contributed by atoms with Gasteiger partial charge in [-0.3, -0.25) is 13.9 Å². The number of rotatable bonds is 10. The second-order valence-corrected chi connectivity index (χ2v) is 12.3. The largest absolute Gasteiger partial charge is 0.486 e. The summed E-state index contributed by atoms with van der Waals surface area (Å²) in [7, 11) is -4.23. The first kappa shape index (κ1) is 28.8. The molecule has 0 aromatic heterocycles. The van der Waals surface area contributed by atoms with Crippen molar-refractivity contribution in [3.63, 3.8) is 0 Å². The van der Waals surface area contributed by atoms with Crippen LogP contribution in [0.1, 0.15) is 51.5 Å². The van der Waals surface area contributed by atoms with Gasteiger partial charge in [-0.25, -0.2) is 12.8 Å². The number of fused-ring (bicyclic) bond motifs is 1. The molecule has 1 aliphatic heterocycles. The maximum atomic E-state index is 13.6. The number of alkyl halides is 3. The minimum Gasteiger partial charge on any atom is -0.486 e. The molecular weight excluding hydrogens is 542 g/mol. The highest BCUT2D eigenvalue weighted by Crippen LogP contribution is 2.40. The summed E-state index contributed by atoms with van der Waals surface area (Å²) in [5.74, 6) is -1.09. The van der Waals surface area contributed by atoms with E-state index in [9.17, 15) is 35.6 Å². The van der Waals surface area contributed by atoms with Crippen molar-refractivity contribution in [1.82, 2.24) is 0 Å². The van der Waals surface area contributed by atoms with Gasteiger partial charge in [0.15, 0.2) is 0 Å². The van der Waals surface area contributed by atoms with Gasteiger partial charge < -0.3 is 9.47 Å². The van der Waals surface area contributed by atoms with Crippen LogP contribution >= 0.6 is 0 Å². The highest BCUT2D eigenvalue weighted by atomic mass is 32.2. The van der Waals surface area contributed by atoms with Crippen molar-refractivity contribution in [2.45, 2.75) is 75.1 Å². The summed E-state index contributed by atoms with van der Waals surface area (Å²) >= 11 is 0. The molecule has 1 saturated carbocycles. The minimum atomic E-state index is -4.78. The number of hydrogen-bond acceptors (Lipinski definition) is 6. The second kappa shape index (κ2) is 10.8. The third-order valence-electron chi connectivity index (χ3n) is 6.72. The Morgan fingerprint density at radius 3 is 2.36 bits per heavy atom. The summed E-state index contributed by atoms with van der Waals surface area (Å²) in [5.41, 5.74) is -2.43. The monoisotopic (exact) mass is 571 g/mol. The van der Waals surface area contributed by atoms with Gasteiger partial charge in [0, 0.05) is 12.8 Å². The molecule has 0 unspecified atom stereocenters. The van der Waals surface area contributed by atoms with E-state index in [1.807, 2.05) is 0 Å². The lowest BCUT2D eigenvalue weighted by Crippen LogP contribution is -2.44. The first-order valence-electron chi connectivity index (χ1n) is 12.5. The van der Waals surface area contributed by atoms with E-state index in [1.165, 1.54) is 18.2 Å². The average Bonchev–Trinajstić information content (AvgIpc) is 3.65. The summed E-state index contributed by atoms with van der Waals surface area (Å²) in [6.07, 6.45) is -2.91. The smallest absolute Gasteiger partial charge is 0.427 e. The van der Waals surface area contributed by atoms with Crippen LogP contribution in [-0.4, -0.2) is 44.6 Å². The normalized spacial score (nSPS) is 17.8. The second-order valence-electron chi connectivity index (χ2n) is 10.4. The topological polar surface area (TPSA) is 90.0 Å². The first-order chi connectivity index (χ1) is 18.2. The Morgan fingerprint density at radius 1 is 1.08 bits per heavy atom. The lowest BCUT2D eigenvalue weighted by Gasteiger charge is -2.36. The van der Waals surface area contributed by atoms with Crippen LogP contribution in [0.4, 0.5) is 23.2 Å². The third kappa shape index (κ3) is 6.90. The van der Waals surface area contributed by atoms with Gasteiger partial charge in [0.25, 0.3) is 10.0 Å². The Balaban J connectivity index is 1.59. The van der Waals surface area contributed by atoms with Gasteiger partial charge in [0.2, 0.25) is 5.60 Å². The summed E-state index contributed by atoms with van der Waals surface area (Å²) in [6, 6.07) is 8.46. The molecule has 12 heteroatoms. The zero-order chi connectivity index (χ0) is 28.6. The van der Waals surface area contributed by atoms with Gasteiger partial charge in [-0.05, 0) is 81.0 Å². The van der Waals surface area contributed by atoms with Gasteiger partial charge in [-0.2, -0.15) is 13.2 Å². The number of carbonyl (C=O) groups is 2. The molecule has 2 aliphatic rings. The van der Waals surface area contributed by atoms with E-state index >= 15 is 0 Å². The molecule has 212 valence electrons. The fourth-order valence-electron chi connectivity index (χ4n) is 4.19. The van der Waals surface area contributed by atoms with Gasteiger partial charge in [0.1, 0.15) is 23.5 Å². The number of anilines is 1. The van der Waals surface area contributed by atoms with Gasteiger partial charge >= 0.3 is 12.1 Å². The van der Waals surface area contributed by atoms with Crippen LogP contribution in [-0.2, 0) is 30.8 Å². The van der Waals surface area contributed by atoms with Crippen LogP contribution < -0.4 is 9.04 Å². The van der Waals surface area contributed by atoms with E-state index in [4.69, 9.17) is 4.74 Å². The van der Waals surface area contributed by atoms with E-state index in [2.05, 4.69) is 4.74 Å². The maximum absolute atomic E-state index is 13.6. The molecule has 0 N–H and O–H groups in total. The number of benzene rings is 2. The fraction of sp³-hybridized carbons (Fsp3) is 0.481. The number of Topliss-reactive ketones (excluding diaryl/α,β-unsaturated/α-hetero) is 1. The molecule has 0 saturated heterocycles. The van der Waals surface area contributed by atoms with E-state index in [0.29, 0.717) is 12.3 Å². The number of ketones is 1. The molecule has 2 aromatic rings. The lowest BCUT2D eigenvalue weighted by atomic mass is 10.0. The van der Waals surface area contributed by atoms with Crippen LogP contribution in [0.3, 0.4) is 0 Å². The molecule has 0 radical (unpaired) electrons. The van der Waals surface area contributed by atoms with E-state index in [1.54, 1.807) is 0 Å². The standard InChI is InChI=1S/C27H29F4NO6S/c1-26(2,27(29,30)31)38-25(34)15-18-5-12-24-23(14-18)32(39(35,36)22-10-6-19(28)7-11-22)16-21(37-24)9-8-20(33)13-17-3-4-17/h5-7,10-12,14,17,21H,3-4,8-9,13,15-16H2,1-2H3/t21-/m0/s1. The molecule has 2 aromatic carbocycles. The highest BCUT2D eigenvalue weighted by Gasteiger charge is 2.50. The van der Waals surface area contributed by atoms with Crippen molar-refractivity contribution in [2.24, 2.45) is 5.92 Å². The molecule has 39 heavy (non-hydrogen) atoms. The summed E-state index contributed by atoms with van der Waals surface area (Å²) < 4.78 is 91.7. The van der Waals surface area contributed by atoms with Crippen molar-refractivity contribution in [3.05, 3.63) is 53.8 Å². The maximum Gasteiger partial charge on any atom is 0.427 e. The Bertz CT molecular complexity index is 1340. The van der Waals surface area contributed by atoms with Crippen molar-refractivity contribution in [2.75, 3.05) is 10.8 Å². The molecule has 4 rings (SSSR count). The molecule has 1 aliphatic carbocycles. The van der Waals surface area contributed by atoms with Crippen LogP contribution in [0.2, 0.25) is 0 Å². The zero-order valence-electron chi connectivity index (χ0n) is 21.5. The summed E-state index contributed by atoms with van der Waals surface area (Å²) in [6.45, 7) is 1.31. The van der Waals surface area contributed by atoms with Gasteiger partial charge in [-0.15, -0.1) is 0 Å². The van der Waals surface area contributed by atoms with E-state index in [0.717, 1.165) is 55.3 Å². The zero-order valence-corrected chi connectivity index (χ0v) is 22.3. The third-order valence-corrected chi connectivity index (χ3v) is 8.51. The number of halogens is 4. The molecular formula is C27H29F4NO6S. The van der Waals surface area contributed by atoms with Crippen LogP contribution in [0.15, 0.2) is 47.4 Å². The SMILES string of the molecule is CC(C)(OC(=O)Cc1ccc2c(c1)N(S(=O)(=O)c1ccc(F)cc1)C[C@H](CCC(=O)CC1CC1)O2)C(F)(F)F. The quantitative estimate of drug-likeness (QED) is 0.282. The fourth-order valence-corrected chi connectivity index (χ4v) is 5.69. The number of esters is 1. The van der Waals surface area contributed by atoms with E-state index in [-0.39, 0.29) is 47.1 Å². The van der Waals surface area contributed by atoms with Crippen LogP contribution in [0, 0.1) is 11.7 Å². The number of ether oxygens (including phenoxy) is 2. The van der Waals surface area contributed by atoms with Crippen LogP contribution in [0.5, 0.6) is 5.75 Å². The number of hydrogen-bond donors (Lipinski definition) is 0. The predicted molar refractivity (Wildman–Crippen MR) is 133 cm³/mol. The van der Waals surface area contributed by atoms with Crippen molar-refractivity contribution >= 4 is 27.5 Å². The van der Waals surface area contributed by atoms with Crippen molar-refractivity contribution in [3.8, 4) is 5.75 Å². The van der Waals surface area contributed by atoms with Crippen LogP contribution in [0.25, 0.3) is 0 Å². The molecule has 7 nitrogen and oxygen atoms in total. The molecule has 0 spiro atoms. The van der Waals surface area contributed by atoms with Gasteiger partial charge in [-0.1, -0.05) is 6.07 Å². The lowest BCUT2D eigenvalue weighted by molar-refractivity contribution is -0.257. The Morgan fingerprint density at radius 2 is 1.74 bits per heavy atom. The number of sulfonamides is 1. The Kier molecular flexibility index (Phi) is 7.98. The average molecular weight is 572 g/mol. The molecule has 0 amide bonds.